The Hall–Kier alpha value is -2.26. The van der Waals surface area contributed by atoms with Crippen LogP contribution in [0.1, 0.15) is 22.5 Å². The van der Waals surface area contributed by atoms with Gasteiger partial charge in [-0.3, -0.25) is 0 Å². The lowest BCUT2D eigenvalue weighted by atomic mass is 10.1. The molecule has 1 N–H and O–H groups in total. The molecule has 2 aliphatic heterocycles. The highest BCUT2D eigenvalue weighted by atomic mass is 35.5. The van der Waals surface area contributed by atoms with E-state index in [-0.39, 0.29) is 32.8 Å². The predicted molar refractivity (Wildman–Crippen MR) is 118 cm³/mol. The number of furan rings is 1. The summed E-state index contributed by atoms with van der Waals surface area (Å²) in [6.07, 6.45) is 0.699. The Morgan fingerprint density at radius 3 is 2.45 bits per heavy atom. The third-order valence-electron chi connectivity index (χ3n) is 6.14. The molecular weight excluding hydrogens is 463 g/mol. The van der Waals surface area contributed by atoms with E-state index in [1.165, 1.54) is 22.5 Å². The molecule has 2 saturated heterocycles. The van der Waals surface area contributed by atoms with Crippen molar-refractivity contribution in [1.29, 1.82) is 0 Å². The number of aryl methyl sites for hydroxylation is 1. The van der Waals surface area contributed by atoms with Gasteiger partial charge in [0.25, 0.3) is 0 Å². The van der Waals surface area contributed by atoms with Gasteiger partial charge in [-0.15, -0.1) is 0 Å². The minimum absolute atomic E-state index is 0.00281. The monoisotopic (exact) mass is 480 g/mol. The Labute approximate surface area is 188 Å². The highest BCUT2D eigenvalue weighted by Crippen LogP contribution is 2.42. The second-order valence-corrected chi connectivity index (χ2v) is 10.5. The lowest BCUT2D eigenvalue weighted by Gasteiger charge is -2.36. The number of sulfonamides is 1. The first-order chi connectivity index (χ1) is 14.7. The smallest absolute Gasteiger partial charge is 0.371 e. The Bertz CT molecular complexity index is 1320. The van der Waals surface area contributed by atoms with E-state index in [9.17, 15) is 18.3 Å². The molecule has 162 valence electrons. The van der Waals surface area contributed by atoms with Crippen LogP contribution in [0.3, 0.4) is 0 Å². The van der Waals surface area contributed by atoms with Crippen molar-refractivity contribution in [2.45, 2.75) is 30.3 Å². The molecule has 10 heteroatoms. The first kappa shape index (κ1) is 20.6. The van der Waals surface area contributed by atoms with Gasteiger partial charge in [-0.1, -0.05) is 29.3 Å². The van der Waals surface area contributed by atoms with E-state index in [2.05, 4.69) is 4.90 Å². The first-order valence-electron chi connectivity index (χ1n) is 9.67. The molecule has 0 aliphatic carbocycles. The summed E-state index contributed by atoms with van der Waals surface area (Å²) in [5.41, 5.74) is 2.37. The number of carboxylic acid groups (broad SMARTS) is 1. The normalized spacial score (nSPS) is 21.3. The third-order valence-corrected chi connectivity index (χ3v) is 9.01. The number of carboxylic acids is 1. The summed E-state index contributed by atoms with van der Waals surface area (Å²) in [5.74, 6) is -1.22. The first-order valence-corrected chi connectivity index (χ1v) is 11.9. The minimum Gasteiger partial charge on any atom is -0.475 e. The average Bonchev–Trinajstić information content (AvgIpc) is 3.42. The highest BCUT2D eigenvalue weighted by molar-refractivity contribution is 7.89. The Morgan fingerprint density at radius 1 is 1.13 bits per heavy atom. The highest BCUT2D eigenvalue weighted by Gasteiger charge is 2.49. The number of carbonyl (C=O) groups is 1. The summed E-state index contributed by atoms with van der Waals surface area (Å²) in [4.78, 5) is 13.4. The summed E-state index contributed by atoms with van der Waals surface area (Å²) in [7, 11) is -3.82. The fraction of sp³-hybridized carbons (Fsp3) is 0.286. The van der Waals surface area contributed by atoms with E-state index in [0.717, 1.165) is 16.6 Å². The van der Waals surface area contributed by atoms with Crippen molar-refractivity contribution in [3.63, 3.8) is 0 Å². The largest absolute Gasteiger partial charge is 0.475 e. The van der Waals surface area contributed by atoms with E-state index in [1.807, 2.05) is 13.0 Å². The summed E-state index contributed by atoms with van der Waals surface area (Å²) in [6, 6.07) is 9.66. The molecule has 0 spiro atoms. The maximum absolute atomic E-state index is 13.3. The van der Waals surface area contributed by atoms with Gasteiger partial charge < -0.3 is 14.4 Å². The molecule has 5 rings (SSSR count). The molecule has 0 saturated carbocycles. The molecule has 2 aliphatic rings. The van der Waals surface area contributed by atoms with E-state index >= 15 is 0 Å². The van der Waals surface area contributed by atoms with Crippen molar-refractivity contribution in [2.75, 3.05) is 18.0 Å². The SMILES string of the molecule is Cc1c(N2C[C@@H]3C[C@H]2CN3S(=O)(=O)c2c(Cl)cccc2Cl)ccc2oc(C(=O)O)cc12. The van der Waals surface area contributed by atoms with Crippen molar-refractivity contribution in [3.8, 4) is 0 Å². The lowest BCUT2D eigenvalue weighted by molar-refractivity contribution is 0.0665. The van der Waals surface area contributed by atoms with E-state index in [1.54, 1.807) is 12.1 Å². The topological polar surface area (TPSA) is 91.1 Å². The molecule has 31 heavy (non-hydrogen) atoms. The summed E-state index contributed by atoms with van der Waals surface area (Å²) < 4.78 is 33.5. The van der Waals surface area contributed by atoms with Gasteiger partial charge in [-0.2, -0.15) is 4.31 Å². The fourth-order valence-electron chi connectivity index (χ4n) is 4.72. The molecule has 0 unspecified atom stereocenters. The van der Waals surface area contributed by atoms with Gasteiger partial charge >= 0.3 is 5.97 Å². The molecule has 7 nitrogen and oxygen atoms in total. The molecule has 1 aromatic heterocycles. The van der Waals surface area contributed by atoms with Crippen LogP contribution in [-0.4, -0.2) is 49.0 Å². The maximum Gasteiger partial charge on any atom is 0.371 e. The molecule has 0 radical (unpaired) electrons. The van der Waals surface area contributed by atoms with Crippen molar-refractivity contribution in [1.82, 2.24) is 4.31 Å². The van der Waals surface area contributed by atoms with Crippen LogP contribution in [0.5, 0.6) is 0 Å². The second kappa shape index (κ2) is 7.13. The Balaban J connectivity index is 1.45. The van der Waals surface area contributed by atoms with Crippen LogP contribution >= 0.6 is 23.2 Å². The molecule has 3 heterocycles. The van der Waals surface area contributed by atoms with Gasteiger partial charge in [-0.05, 0) is 49.2 Å². The van der Waals surface area contributed by atoms with Crippen LogP contribution in [-0.2, 0) is 10.0 Å². The van der Waals surface area contributed by atoms with Crippen LogP contribution in [0.2, 0.25) is 10.0 Å². The second-order valence-electron chi connectivity index (χ2n) is 7.86. The van der Waals surface area contributed by atoms with Crippen LogP contribution in [0.15, 0.2) is 45.7 Å². The lowest BCUT2D eigenvalue weighted by Crippen LogP contribution is -2.49. The molecule has 2 fully saturated rings. The van der Waals surface area contributed by atoms with Gasteiger partial charge in [0, 0.05) is 36.2 Å². The number of halogens is 2. The number of hydrogen-bond acceptors (Lipinski definition) is 5. The van der Waals surface area contributed by atoms with Gasteiger partial charge in [0.05, 0.1) is 10.0 Å². The molecular formula is C21H18Cl2N2O5S. The number of rotatable bonds is 4. The minimum atomic E-state index is -3.82. The summed E-state index contributed by atoms with van der Waals surface area (Å²) >= 11 is 12.3. The number of hydrogen-bond donors (Lipinski definition) is 1. The fourth-order valence-corrected chi connectivity index (χ4v) is 7.48. The predicted octanol–water partition coefficient (Wildman–Crippen LogP) is 4.40. The van der Waals surface area contributed by atoms with Crippen LogP contribution in [0.4, 0.5) is 5.69 Å². The number of anilines is 1. The van der Waals surface area contributed by atoms with Gasteiger partial charge in [0.2, 0.25) is 15.8 Å². The van der Waals surface area contributed by atoms with E-state index in [0.29, 0.717) is 25.1 Å². The van der Waals surface area contributed by atoms with E-state index < -0.39 is 16.0 Å². The van der Waals surface area contributed by atoms with Crippen molar-refractivity contribution in [2.24, 2.45) is 0 Å². The van der Waals surface area contributed by atoms with Gasteiger partial charge in [-0.25, -0.2) is 13.2 Å². The maximum atomic E-state index is 13.3. The van der Waals surface area contributed by atoms with Crippen molar-refractivity contribution in [3.05, 3.63) is 57.8 Å². The number of aromatic carboxylic acids is 1. The van der Waals surface area contributed by atoms with E-state index in [4.69, 9.17) is 27.6 Å². The number of fused-ring (bicyclic) bond motifs is 3. The van der Waals surface area contributed by atoms with Crippen molar-refractivity contribution >= 4 is 55.9 Å². The zero-order valence-corrected chi connectivity index (χ0v) is 18.7. The molecule has 3 aromatic rings. The van der Waals surface area contributed by atoms with Gasteiger partial charge in [0.1, 0.15) is 10.5 Å². The number of benzene rings is 2. The van der Waals surface area contributed by atoms with Crippen LogP contribution in [0.25, 0.3) is 11.0 Å². The number of nitrogens with zero attached hydrogens (tertiary/aromatic N) is 2. The van der Waals surface area contributed by atoms with Crippen LogP contribution < -0.4 is 4.90 Å². The Kier molecular flexibility index (Phi) is 4.75. The average molecular weight is 481 g/mol. The molecule has 2 aromatic carbocycles. The quantitative estimate of drug-likeness (QED) is 0.594. The van der Waals surface area contributed by atoms with Crippen LogP contribution in [0, 0.1) is 6.92 Å². The Morgan fingerprint density at radius 2 is 1.84 bits per heavy atom. The van der Waals surface area contributed by atoms with Crippen molar-refractivity contribution < 1.29 is 22.7 Å². The zero-order chi connectivity index (χ0) is 22.1. The number of piperazine rings is 1. The van der Waals surface area contributed by atoms with Gasteiger partial charge in [0.15, 0.2) is 0 Å². The summed E-state index contributed by atoms with van der Waals surface area (Å²) in [5, 5.41) is 10.2. The zero-order valence-electron chi connectivity index (χ0n) is 16.4. The standard InChI is InChI=1S/C21H18Cl2N2O5S/c1-11-14-8-19(21(26)27)30-18(14)6-5-17(11)24-9-13-7-12(24)10-25(13)31(28,29)20-15(22)3-2-4-16(20)23/h2-6,8,12-13H,7,9-10H2,1H3,(H,26,27)/t12-,13-/m0/s1. The third kappa shape index (κ3) is 3.12. The molecule has 0 amide bonds. The molecule has 2 atom stereocenters. The molecule has 2 bridgehead atoms. The summed E-state index contributed by atoms with van der Waals surface area (Å²) in [6.45, 7) is 2.78.